The van der Waals surface area contributed by atoms with E-state index >= 15 is 0 Å². The first-order valence-electron chi connectivity index (χ1n) is 3.83. The Morgan fingerprint density at radius 3 is 2.40 bits per heavy atom. The van der Waals surface area contributed by atoms with Crippen molar-refractivity contribution in [1.82, 2.24) is 0 Å². The SMILES string of the molecule is CCCC(CCO)C(C)=O. The first kappa shape index (κ1) is 9.63. The standard InChI is InChI=1S/C8H16O2/c1-3-4-8(5-6-9)7(2)10/h8-9H,3-6H2,1-2H3. The van der Waals surface area contributed by atoms with Crippen LogP contribution in [0.4, 0.5) is 0 Å². The van der Waals surface area contributed by atoms with Gasteiger partial charge in [0.25, 0.3) is 0 Å². The van der Waals surface area contributed by atoms with Crippen LogP contribution >= 0.6 is 0 Å². The van der Waals surface area contributed by atoms with Crippen LogP contribution in [-0.4, -0.2) is 17.5 Å². The summed E-state index contributed by atoms with van der Waals surface area (Å²) in [5.74, 6) is 0.297. The molecule has 0 aromatic heterocycles. The van der Waals surface area contributed by atoms with Gasteiger partial charge >= 0.3 is 0 Å². The average Bonchev–Trinajstić information content (AvgIpc) is 1.87. The van der Waals surface area contributed by atoms with Crippen molar-refractivity contribution in [2.75, 3.05) is 6.61 Å². The molecule has 0 aliphatic rings. The number of rotatable bonds is 5. The van der Waals surface area contributed by atoms with Crippen LogP contribution in [0.3, 0.4) is 0 Å². The molecule has 0 spiro atoms. The molecule has 0 rings (SSSR count). The largest absolute Gasteiger partial charge is 0.396 e. The molecule has 10 heavy (non-hydrogen) atoms. The summed E-state index contributed by atoms with van der Waals surface area (Å²) < 4.78 is 0. The summed E-state index contributed by atoms with van der Waals surface area (Å²) in [6, 6.07) is 0. The van der Waals surface area contributed by atoms with Crippen molar-refractivity contribution in [3.8, 4) is 0 Å². The number of hydrogen-bond acceptors (Lipinski definition) is 2. The molecule has 0 saturated heterocycles. The summed E-state index contributed by atoms with van der Waals surface area (Å²) in [6.45, 7) is 3.77. The normalized spacial score (nSPS) is 13.1. The predicted molar refractivity (Wildman–Crippen MR) is 40.8 cm³/mol. The summed E-state index contributed by atoms with van der Waals surface area (Å²) in [4.78, 5) is 10.8. The van der Waals surface area contributed by atoms with E-state index in [1.807, 2.05) is 6.92 Å². The fourth-order valence-electron chi connectivity index (χ4n) is 1.06. The molecule has 2 nitrogen and oxygen atoms in total. The molecule has 0 amide bonds. The quantitative estimate of drug-likeness (QED) is 0.632. The highest BCUT2D eigenvalue weighted by Gasteiger charge is 2.11. The second-order valence-electron chi connectivity index (χ2n) is 2.61. The van der Waals surface area contributed by atoms with Crippen molar-refractivity contribution >= 4 is 5.78 Å². The molecule has 0 bridgehead atoms. The maximum absolute atomic E-state index is 10.8. The van der Waals surface area contributed by atoms with Crippen molar-refractivity contribution in [2.45, 2.75) is 33.1 Å². The summed E-state index contributed by atoms with van der Waals surface area (Å²) >= 11 is 0. The first-order valence-corrected chi connectivity index (χ1v) is 3.83. The molecule has 0 radical (unpaired) electrons. The van der Waals surface area contributed by atoms with E-state index in [0.717, 1.165) is 12.8 Å². The van der Waals surface area contributed by atoms with Gasteiger partial charge in [0, 0.05) is 12.5 Å². The number of aliphatic hydroxyl groups is 1. The zero-order valence-electron chi connectivity index (χ0n) is 6.76. The molecule has 0 aliphatic carbocycles. The molecular weight excluding hydrogens is 128 g/mol. The zero-order valence-corrected chi connectivity index (χ0v) is 6.76. The van der Waals surface area contributed by atoms with E-state index in [0.29, 0.717) is 6.42 Å². The zero-order chi connectivity index (χ0) is 7.98. The van der Waals surface area contributed by atoms with Gasteiger partial charge in [0.1, 0.15) is 5.78 Å². The maximum Gasteiger partial charge on any atom is 0.132 e. The lowest BCUT2D eigenvalue weighted by molar-refractivity contribution is -0.121. The monoisotopic (exact) mass is 144 g/mol. The Morgan fingerprint density at radius 1 is 1.50 bits per heavy atom. The summed E-state index contributed by atoms with van der Waals surface area (Å²) in [6.07, 6.45) is 2.56. The Kier molecular flexibility index (Phi) is 5.22. The molecule has 0 aromatic carbocycles. The Balaban J connectivity index is 3.61. The highest BCUT2D eigenvalue weighted by atomic mass is 16.3. The number of Topliss-reactive ketones (excluding diaryl/α,β-unsaturated/α-hetero) is 1. The Bertz CT molecular complexity index is 93.4. The lowest BCUT2D eigenvalue weighted by atomic mass is 9.96. The number of hydrogen-bond donors (Lipinski definition) is 1. The minimum Gasteiger partial charge on any atom is -0.396 e. The van der Waals surface area contributed by atoms with Crippen molar-refractivity contribution in [1.29, 1.82) is 0 Å². The van der Waals surface area contributed by atoms with E-state index in [2.05, 4.69) is 0 Å². The second-order valence-corrected chi connectivity index (χ2v) is 2.61. The van der Waals surface area contributed by atoms with Crippen molar-refractivity contribution in [2.24, 2.45) is 5.92 Å². The fourth-order valence-corrected chi connectivity index (χ4v) is 1.06. The number of aliphatic hydroxyl groups excluding tert-OH is 1. The highest BCUT2D eigenvalue weighted by molar-refractivity contribution is 5.78. The van der Waals surface area contributed by atoms with Crippen LogP contribution in [-0.2, 0) is 4.79 Å². The van der Waals surface area contributed by atoms with E-state index in [9.17, 15) is 4.79 Å². The van der Waals surface area contributed by atoms with E-state index in [1.165, 1.54) is 0 Å². The molecule has 0 aliphatic heterocycles. The van der Waals surface area contributed by atoms with Crippen molar-refractivity contribution in [3.05, 3.63) is 0 Å². The van der Waals surface area contributed by atoms with Crippen LogP contribution in [0.25, 0.3) is 0 Å². The molecule has 60 valence electrons. The van der Waals surface area contributed by atoms with Gasteiger partial charge in [0.05, 0.1) is 0 Å². The van der Waals surface area contributed by atoms with Gasteiger partial charge < -0.3 is 5.11 Å². The van der Waals surface area contributed by atoms with Gasteiger partial charge in [-0.1, -0.05) is 13.3 Å². The van der Waals surface area contributed by atoms with Crippen LogP contribution in [0.5, 0.6) is 0 Å². The van der Waals surface area contributed by atoms with Gasteiger partial charge in [-0.25, -0.2) is 0 Å². The van der Waals surface area contributed by atoms with Gasteiger partial charge in [-0.05, 0) is 19.8 Å². The smallest absolute Gasteiger partial charge is 0.132 e. The third kappa shape index (κ3) is 3.62. The lowest BCUT2D eigenvalue weighted by Gasteiger charge is -2.09. The minimum atomic E-state index is 0.0926. The highest BCUT2D eigenvalue weighted by Crippen LogP contribution is 2.10. The summed E-state index contributed by atoms with van der Waals surface area (Å²) in [5, 5.41) is 8.56. The van der Waals surface area contributed by atoms with E-state index in [-0.39, 0.29) is 18.3 Å². The third-order valence-electron chi connectivity index (χ3n) is 1.69. The van der Waals surface area contributed by atoms with Gasteiger partial charge in [-0.3, -0.25) is 4.79 Å². The minimum absolute atomic E-state index is 0.0926. The Morgan fingerprint density at radius 2 is 2.10 bits per heavy atom. The average molecular weight is 144 g/mol. The van der Waals surface area contributed by atoms with Crippen LogP contribution in [0.1, 0.15) is 33.1 Å². The van der Waals surface area contributed by atoms with Gasteiger partial charge in [0.15, 0.2) is 0 Å². The molecular formula is C8H16O2. The second kappa shape index (κ2) is 5.42. The molecule has 0 saturated carbocycles. The number of carbonyl (C=O) groups is 1. The van der Waals surface area contributed by atoms with Crippen molar-refractivity contribution in [3.63, 3.8) is 0 Å². The molecule has 0 fully saturated rings. The van der Waals surface area contributed by atoms with Gasteiger partial charge in [-0.15, -0.1) is 0 Å². The van der Waals surface area contributed by atoms with E-state index in [1.54, 1.807) is 6.92 Å². The molecule has 2 heteroatoms. The van der Waals surface area contributed by atoms with Crippen LogP contribution in [0.15, 0.2) is 0 Å². The van der Waals surface area contributed by atoms with Crippen LogP contribution in [0, 0.1) is 5.92 Å². The van der Waals surface area contributed by atoms with E-state index < -0.39 is 0 Å². The summed E-state index contributed by atoms with van der Waals surface area (Å²) in [5.41, 5.74) is 0. The van der Waals surface area contributed by atoms with E-state index in [4.69, 9.17) is 5.11 Å². The molecule has 1 N–H and O–H groups in total. The number of ketones is 1. The Labute approximate surface area is 62.2 Å². The van der Waals surface area contributed by atoms with Gasteiger partial charge in [0.2, 0.25) is 0 Å². The molecule has 1 unspecified atom stereocenters. The first-order chi connectivity index (χ1) is 4.72. The van der Waals surface area contributed by atoms with Gasteiger partial charge in [-0.2, -0.15) is 0 Å². The van der Waals surface area contributed by atoms with Crippen LogP contribution in [0.2, 0.25) is 0 Å². The molecule has 0 aromatic rings. The maximum atomic E-state index is 10.8. The fraction of sp³-hybridized carbons (Fsp3) is 0.875. The van der Waals surface area contributed by atoms with Crippen LogP contribution < -0.4 is 0 Å². The number of carbonyl (C=O) groups excluding carboxylic acids is 1. The summed E-state index contributed by atoms with van der Waals surface area (Å²) in [7, 11) is 0. The third-order valence-corrected chi connectivity index (χ3v) is 1.69. The Hall–Kier alpha value is -0.370. The molecule has 1 atom stereocenters. The predicted octanol–water partition coefficient (Wildman–Crippen LogP) is 1.37. The lowest BCUT2D eigenvalue weighted by Crippen LogP contribution is -2.11. The molecule has 0 heterocycles. The van der Waals surface area contributed by atoms with Crippen molar-refractivity contribution < 1.29 is 9.90 Å². The topological polar surface area (TPSA) is 37.3 Å².